The fourth-order valence-electron chi connectivity index (χ4n) is 7.99. The second kappa shape index (κ2) is 8.71. The van der Waals surface area contributed by atoms with Crippen molar-refractivity contribution in [1.82, 2.24) is 0 Å². The summed E-state index contributed by atoms with van der Waals surface area (Å²) in [6.07, 6.45) is 11.4. The number of fused-ring (bicyclic) bond motifs is 3. The standard InChI is InChI=1S/C26H44O3/c1-17(2)7-6-8-18(3)20-10-11-21-19-9-12-23(27)26(5,16-14-24(28)29)22(19)13-15-25(20,21)4/h17-22H,6-16H2,1-5H3,(H,28,29)/t18-,19-,20-,21-,22-,25-,26+/m1/s1. The van der Waals surface area contributed by atoms with Gasteiger partial charge in [-0.2, -0.15) is 0 Å². The molecule has 3 aliphatic rings. The molecule has 0 spiro atoms. The van der Waals surface area contributed by atoms with Crippen LogP contribution in [0.4, 0.5) is 0 Å². The minimum absolute atomic E-state index is 0.128. The molecular weight excluding hydrogens is 360 g/mol. The van der Waals surface area contributed by atoms with Crippen molar-refractivity contribution in [3.8, 4) is 0 Å². The van der Waals surface area contributed by atoms with Gasteiger partial charge in [0.25, 0.3) is 0 Å². The molecule has 0 radical (unpaired) electrons. The molecule has 3 aliphatic carbocycles. The summed E-state index contributed by atoms with van der Waals surface area (Å²) in [4.78, 5) is 24.1. The van der Waals surface area contributed by atoms with E-state index >= 15 is 0 Å². The van der Waals surface area contributed by atoms with Gasteiger partial charge in [-0.3, -0.25) is 9.59 Å². The van der Waals surface area contributed by atoms with E-state index in [-0.39, 0.29) is 6.42 Å². The maximum absolute atomic E-state index is 12.9. The number of carboxylic acids is 1. The van der Waals surface area contributed by atoms with Gasteiger partial charge in [0.15, 0.2) is 0 Å². The Hall–Kier alpha value is -0.860. The number of carboxylic acid groups (broad SMARTS) is 1. The maximum Gasteiger partial charge on any atom is 0.303 e. The minimum atomic E-state index is -0.766. The lowest BCUT2D eigenvalue weighted by molar-refractivity contribution is -0.148. The molecule has 0 heterocycles. The molecule has 166 valence electrons. The third-order valence-electron chi connectivity index (χ3n) is 9.66. The summed E-state index contributed by atoms with van der Waals surface area (Å²) >= 11 is 0. The summed E-state index contributed by atoms with van der Waals surface area (Å²) in [6.45, 7) is 11.8. The Balaban J connectivity index is 1.73. The van der Waals surface area contributed by atoms with Crippen LogP contribution in [0.5, 0.6) is 0 Å². The first kappa shape index (κ1) is 22.8. The van der Waals surface area contributed by atoms with Crippen LogP contribution >= 0.6 is 0 Å². The Labute approximate surface area is 178 Å². The normalized spacial score (nSPS) is 40.6. The van der Waals surface area contributed by atoms with Crippen LogP contribution in [-0.4, -0.2) is 16.9 Å². The van der Waals surface area contributed by atoms with Gasteiger partial charge in [-0.25, -0.2) is 0 Å². The molecule has 0 unspecified atom stereocenters. The van der Waals surface area contributed by atoms with Gasteiger partial charge in [-0.05, 0) is 79.4 Å². The summed E-state index contributed by atoms with van der Waals surface area (Å²) in [5.41, 5.74) is 0.0100. The third kappa shape index (κ3) is 4.30. The lowest BCUT2D eigenvalue weighted by atomic mass is 9.48. The molecule has 1 N–H and O–H groups in total. The van der Waals surface area contributed by atoms with Gasteiger partial charge in [-0.15, -0.1) is 0 Å². The first-order valence-electron chi connectivity index (χ1n) is 12.3. The van der Waals surface area contributed by atoms with Crippen molar-refractivity contribution < 1.29 is 14.7 Å². The molecule has 3 saturated carbocycles. The SMILES string of the molecule is CC(C)CCC[C@@H](C)[C@H]1CC[C@@H]2[C@H]3CCC(=O)[C@@](C)(CCC(=O)O)[C@@H]3CC[C@@]21C. The number of rotatable bonds is 8. The molecule has 7 atom stereocenters. The summed E-state index contributed by atoms with van der Waals surface area (Å²) in [5, 5.41) is 9.22. The zero-order chi connectivity index (χ0) is 21.4. The van der Waals surface area contributed by atoms with E-state index < -0.39 is 11.4 Å². The van der Waals surface area contributed by atoms with Crippen molar-refractivity contribution >= 4 is 11.8 Å². The highest BCUT2D eigenvalue weighted by molar-refractivity contribution is 5.86. The van der Waals surface area contributed by atoms with Gasteiger partial charge >= 0.3 is 5.97 Å². The first-order chi connectivity index (χ1) is 13.6. The Bertz CT molecular complexity index is 611. The van der Waals surface area contributed by atoms with Crippen LogP contribution in [0.1, 0.15) is 105 Å². The van der Waals surface area contributed by atoms with E-state index in [2.05, 4.69) is 34.6 Å². The number of hydrogen-bond donors (Lipinski definition) is 1. The molecule has 3 nitrogen and oxygen atoms in total. The molecule has 0 aromatic carbocycles. The maximum atomic E-state index is 12.9. The number of ketones is 1. The zero-order valence-electron chi connectivity index (χ0n) is 19.5. The molecule has 3 fully saturated rings. The molecule has 0 aromatic rings. The van der Waals surface area contributed by atoms with E-state index in [4.69, 9.17) is 0 Å². The Morgan fingerprint density at radius 2 is 1.79 bits per heavy atom. The van der Waals surface area contributed by atoms with Crippen LogP contribution in [0, 0.1) is 46.3 Å². The van der Waals surface area contributed by atoms with E-state index in [1.165, 1.54) is 38.5 Å². The molecule has 0 saturated heterocycles. The fourth-order valence-corrected chi connectivity index (χ4v) is 7.99. The van der Waals surface area contributed by atoms with Crippen LogP contribution in [0.15, 0.2) is 0 Å². The van der Waals surface area contributed by atoms with Crippen LogP contribution < -0.4 is 0 Å². The van der Waals surface area contributed by atoms with Gasteiger partial charge in [0.1, 0.15) is 5.78 Å². The number of hydrogen-bond acceptors (Lipinski definition) is 2. The van der Waals surface area contributed by atoms with Gasteiger partial charge in [-0.1, -0.05) is 53.9 Å². The lowest BCUT2D eigenvalue weighted by Crippen LogP contribution is -2.52. The number of carbonyl (C=O) groups excluding carboxylic acids is 1. The van der Waals surface area contributed by atoms with Gasteiger partial charge in [0, 0.05) is 18.3 Å². The zero-order valence-corrected chi connectivity index (χ0v) is 19.5. The second-order valence-electron chi connectivity index (χ2n) is 11.7. The summed E-state index contributed by atoms with van der Waals surface area (Å²) < 4.78 is 0. The van der Waals surface area contributed by atoms with Crippen molar-refractivity contribution in [2.24, 2.45) is 46.3 Å². The summed E-state index contributed by atoms with van der Waals surface area (Å²) in [7, 11) is 0. The molecule has 0 bridgehead atoms. The molecule has 29 heavy (non-hydrogen) atoms. The summed E-state index contributed by atoms with van der Waals surface area (Å²) in [5.74, 6) is 3.74. The van der Waals surface area contributed by atoms with E-state index in [9.17, 15) is 14.7 Å². The van der Waals surface area contributed by atoms with Crippen molar-refractivity contribution in [2.75, 3.05) is 0 Å². The van der Waals surface area contributed by atoms with Crippen LogP contribution in [0.3, 0.4) is 0 Å². The van der Waals surface area contributed by atoms with E-state index in [0.29, 0.717) is 35.9 Å². The smallest absolute Gasteiger partial charge is 0.303 e. The molecule has 0 amide bonds. The van der Waals surface area contributed by atoms with E-state index in [0.717, 1.165) is 36.5 Å². The van der Waals surface area contributed by atoms with Gasteiger partial charge in [0.05, 0.1) is 0 Å². The van der Waals surface area contributed by atoms with Crippen molar-refractivity contribution in [2.45, 2.75) is 105 Å². The topological polar surface area (TPSA) is 54.4 Å². The molecule has 0 aromatic heterocycles. The largest absolute Gasteiger partial charge is 0.481 e. The van der Waals surface area contributed by atoms with Crippen molar-refractivity contribution in [3.05, 3.63) is 0 Å². The Kier molecular flexibility index (Phi) is 6.85. The predicted octanol–water partition coefficient (Wildman–Crippen LogP) is 6.74. The van der Waals surface area contributed by atoms with E-state index in [1.807, 2.05) is 0 Å². The van der Waals surface area contributed by atoms with Crippen LogP contribution in [0.25, 0.3) is 0 Å². The third-order valence-corrected chi connectivity index (χ3v) is 9.66. The highest BCUT2D eigenvalue weighted by atomic mass is 16.4. The Morgan fingerprint density at radius 1 is 1.07 bits per heavy atom. The molecule has 0 aliphatic heterocycles. The number of carbonyl (C=O) groups is 2. The summed E-state index contributed by atoms with van der Waals surface area (Å²) in [6, 6.07) is 0. The molecule has 3 heteroatoms. The number of Topliss-reactive ketones (excluding diaryl/α,β-unsaturated/α-hetero) is 1. The average molecular weight is 405 g/mol. The average Bonchev–Trinajstić information content (AvgIpc) is 3.00. The molecular formula is C26H44O3. The van der Waals surface area contributed by atoms with Crippen molar-refractivity contribution in [1.29, 1.82) is 0 Å². The predicted molar refractivity (Wildman–Crippen MR) is 118 cm³/mol. The highest BCUT2D eigenvalue weighted by Crippen LogP contribution is 2.65. The van der Waals surface area contributed by atoms with Gasteiger partial charge < -0.3 is 5.11 Å². The highest BCUT2D eigenvalue weighted by Gasteiger charge is 2.59. The second-order valence-corrected chi connectivity index (χ2v) is 11.7. The van der Waals surface area contributed by atoms with Crippen LogP contribution in [0.2, 0.25) is 0 Å². The van der Waals surface area contributed by atoms with Crippen molar-refractivity contribution in [3.63, 3.8) is 0 Å². The fraction of sp³-hybridized carbons (Fsp3) is 0.923. The minimum Gasteiger partial charge on any atom is -0.481 e. The quantitative estimate of drug-likeness (QED) is 0.487. The number of aliphatic carboxylic acids is 1. The van der Waals surface area contributed by atoms with Crippen LogP contribution in [-0.2, 0) is 9.59 Å². The van der Waals surface area contributed by atoms with Gasteiger partial charge in [0.2, 0.25) is 0 Å². The van der Waals surface area contributed by atoms with E-state index in [1.54, 1.807) is 0 Å². The Morgan fingerprint density at radius 3 is 2.45 bits per heavy atom. The lowest BCUT2D eigenvalue weighted by Gasteiger charge is -2.56. The monoisotopic (exact) mass is 404 g/mol. The molecule has 3 rings (SSSR count). The first-order valence-corrected chi connectivity index (χ1v) is 12.3.